The Labute approximate surface area is 177 Å². The van der Waals surface area contributed by atoms with Crippen molar-refractivity contribution >= 4 is 29.9 Å². The van der Waals surface area contributed by atoms with E-state index < -0.39 is 0 Å². The van der Waals surface area contributed by atoms with E-state index in [0.717, 1.165) is 43.8 Å². The van der Waals surface area contributed by atoms with Gasteiger partial charge in [0.2, 0.25) is 0 Å². The lowest BCUT2D eigenvalue weighted by atomic mass is 9.94. The summed E-state index contributed by atoms with van der Waals surface area (Å²) in [6.07, 6.45) is 6.07. The van der Waals surface area contributed by atoms with Crippen molar-refractivity contribution < 1.29 is 4.39 Å². The molecule has 1 aliphatic carbocycles. The maximum Gasteiger partial charge on any atom is 0.191 e. The lowest BCUT2D eigenvalue weighted by molar-refractivity contribution is 0.499. The third-order valence-electron chi connectivity index (χ3n) is 4.81. The highest BCUT2D eigenvalue weighted by Crippen LogP contribution is 2.21. The van der Waals surface area contributed by atoms with Crippen LogP contribution in [0.4, 0.5) is 4.39 Å². The monoisotopic (exact) mass is 485 g/mol. The Bertz CT molecular complexity index is 754. The Kier molecular flexibility index (Phi) is 8.07. The number of aromatic nitrogens is 2. The Balaban J connectivity index is 0.00000261. The van der Waals surface area contributed by atoms with Gasteiger partial charge in [0.05, 0.1) is 5.69 Å². The number of nitrogens with zero attached hydrogens (tertiary/aromatic N) is 3. The first-order valence-electron chi connectivity index (χ1n) is 9.33. The van der Waals surface area contributed by atoms with Crippen LogP contribution in [0.15, 0.2) is 35.5 Å². The molecule has 27 heavy (non-hydrogen) atoms. The van der Waals surface area contributed by atoms with Crippen molar-refractivity contribution in [2.75, 3.05) is 13.6 Å². The van der Waals surface area contributed by atoms with Crippen LogP contribution >= 0.6 is 24.0 Å². The molecule has 1 atom stereocenters. The number of halogens is 2. The van der Waals surface area contributed by atoms with E-state index in [2.05, 4.69) is 40.4 Å². The number of hydrogen-bond donors (Lipinski definition) is 2. The molecule has 2 aromatic rings. The zero-order chi connectivity index (χ0) is 18.5. The van der Waals surface area contributed by atoms with Gasteiger partial charge >= 0.3 is 0 Å². The fraction of sp³-hybridized carbons (Fsp3) is 0.500. The van der Waals surface area contributed by atoms with Crippen molar-refractivity contribution in [3.63, 3.8) is 0 Å². The highest BCUT2D eigenvalue weighted by molar-refractivity contribution is 14.0. The van der Waals surface area contributed by atoms with Crippen molar-refractivity contribution in [3.8, 4) is 0 Å². The van der Waals surface area contributed by atoms with Crippen LogP contribution in [0.25, 0.3) is 0 Å². The van der Waals surface area contributed by atoms with E-state index in [1.807, 2.05) is 12.1 Å². The average Bonchev–Trinajstić information content (AvgIpc) is 3.06. The van der Waals surface area contributed by atoms with Gasteiger partial charge in [-0.05, 0) is 56.4 Å². The summed E-state index contributed by atoms with van der Waals surface area (Å²) >= 11 is 0. The van der Waals surface area contributed by atoms with Crippen molar-refractivity contribution in [2.45, 2.75) is 51.6 Å². The summed E-state index contributed by atoms with van der Waals surface area (Å²) in [5.41, 5.74) is 3.68. The topological polar surface area (TPSA) is 54.2 Å². The highest BCUT2D eigenvalue weighted by atomic mass is 127. The number of benzene rings is 1. The number of nitrogens with one attached hydrogen (secondary N) is 2. The molecule has 1 aromatic heterocycles. The summed E-state index contributed by atoms with van der Waals surface area (Å²) in [6.45, 7) is 5.06. The van der Waals surface area contributed by atoms with Gasteiger partial charge in [-0.15, -0.1) is 24.0 Å². The molecule has 1 aromatic carbocycles. The summed E-state index contributed by atoms with van der Waals surface area (Å²) in [4.78, 5) is 4.33. The number of fused-ring (bicyclic) bond motifs is 1. The van der Waals surface area contributed by atoms with E-state index in [4.69, 9.17) is 5.10 Å². The smallest absolute Gasteiger partial charge is 0.191 e. The molecule has 0 spiro atoms. The molecular weight excluding hydrogens is 456 g/mol. The van der Waals surface area contributed by atoms with Crippen LogP contribution in [0.3, 0.4) is 0 Å². The lowest BCUT2D eigenvalue weighted by Gasteiger charge is -2.24. The summed E-state index contributed by atoms with van der Waals surface area (Å²) in [5.74, 6) is 0.611. The molecule has 1 heterocycles. The molecule has 5 nitrogen and oxygen atoms in total. The molecule has 0 radical (unpaired) electrons. The Morgan fingerprint density at radius 2 is 2.07 bits per heavy atom. The maximum atomic E-state index is 13.0. The Hall–Kier alpha value is -1.64. The Morgan fingerprint density at radius 3 is 2.74 bits per heavy atom. The van der Waals surface area contributed by atoms with Gasteiger partial charge in [-0.3, -0.25) is 9.67 Å². The summed E-state index contributed by atoms with van der Waals surface area (Å²) < 4.78 is 15.0. The molecule has 0 saturated heterocycles. The van der Waals surface area contributed by atoms with Crippen LogP contribution in [0.2, 0.25) is 0 Å². The predicted molar refractivity (Wildman–Crippen MR) is 118 cm³/mol. The molecule has 0 fully saturated rings. The zero-order valence-corrected chi connectivity index (χ0v) is 18.5. The van der Waals surface area contributed by atoms with Crippen molar-refractivity contribution in [2.24, 2.45) is 4.99 Å². The molecular formula is C20H29FIN5. The minimum atomic E-state index is -0.198. The molecule has 0 saturated carbocycles. The van der Waals surface area contributed by atoms with E-state index in [1.54, 1.807) is 7.05 Å². The van der Waals surface area contributed by atoms with Gasteiger partial charge in [0.1, 0.15) is 5.82 Å². The van der Waals surface area contributed by atoms with Crippen molar-refractivity contribution in [3.05, 3.63) is 53.1 Å². The molecule has 1 unspecified atom stereocenters. The van der Waals surface area contributed by atoms with Crippen LogP contribution in [-0.4, -0.2) is 35.4 Å². The number of aliphatic imine (C=N–C) groups is 1. The largest absolute Gasteiger partial charge is 0.356 e. The fourth-order valence-electron chi connectivity index (χ4n) is 3.26. The zero-order valence-electron chi connectivity index (χ0n) is 16.2. The normalized spacial score (nSPS) is 16.6. The van der Waals surface area contributed by atoms with Crippen LogP contribution in [0.1, 0.15) is 43.1 Å². The molecule has 0 bridgehead atoms. The van der Waals surface area contributed by atoms with Gasteiger partial charge in [0.25, 0.3) is 0 Å². The van der Waals surface area contributed by atoms with E-state index >= 15 is 0 Å². The van der Waals surface area contributed by atoms with Gasteiger partial charge in [0, 0.05) is 38.3 Å². The van der Waals surface area contributed by atoms with Gasteiger partial charge in [-0.1, -0.05) is 12.1 Å². The molecule has 1 aliphatic rings. The number of rotatable bonds is 5. The third kappa shape index (κ3) is 5.92. The van der Waals surface area contributed by atoms with E-state index in [-0.39, 0.29) is 29.8 Å². The van der Waals surface area contributed by atoms with Gasteiger partial charge < -0.3 is 10.6 Å². The predicted octanol–water partition coefficient (Wildman–Crippen LogP) is 3.49. The van der Waals surface area contributed by atoms with E-state index in [0.29, 0.717) is 12.1 Å². The van der Waals surface area contributed by atoms with Crippen LogP contribution in [0, 0.1) is 5.82 Å². The Morgan fingerprint density at radius 1 is 1.33 bits per heavy atom. The quantitative estimate of drug-likeness (QED) is 0.388. The van der Waals surface area contributed by atoms with Crippen molar-refractivity contribution in [1.82, 2.24) is 20.4 Å². The minimum Gasteiger partial charge on any atom is -0.356 e. The van der Waals surface area contributed by atoms with E-state index in [9.17, 15) is 4.39 Å². The second-order valence-electron chi connectivity index (χ2n) is 7.13. The van der Waals surface area contributed by atoms with E-state index in [1.165, 1.54) is 23.4 Å². The number of hydrogen-bond acceptors (Lipinski definition) is 2. The first-order valence-corrected chi connectivity index (χ1v) is 9.33. The van der Waals surface area contributed by atoms with Crippen molar-refractivity contribution in [1.29, 1.82) is 0 Å². The molecule has 2 N–H and O–H groups in total. The molecule has 0 amide bonds. The number of aryl methyl sites for hydroxylation is 1. The van der Waals surface area contributed by atoms with Gasteiger partial charge in [-0.25, -0.2) is 4.39 Å². The van der Waals surface area contributed by atoms with Crippen LogP contribution in [0.5, 0.6) is 0 Å². The minimum absolute atomic E-state index is 0. The summed E-state index contributed by atoms with van der Waals surface area (Å²) in [5, 5.41) is 11.6. The second kappa shape index (κ2) is 10.1. The second-order valence-corrected chi connectivity index (χ2v) is 7.13. The standard InChI is InChI=1S/C20H28FN5.HI/c1-14(2)26-13-16-6-9-18(12-19(16)25-26)24-20(22-3)23-11-10-15-4-7-17(21)8-5-15;/h4-5,7-8,13-14,18H,6,9-12H2,1-3H3,(H2,22,23,24);1H. The molecule has 7 heteroatoms. The lowest BCUT2D eigenvalue weighted by Crippen LogP contribution is -2.46. The van der Waals surface area contributed by atoms with Crippen LogP contribution < -0.4 is 10.6 Å². The fourth-order valence-corrected chi connectivity index (χ4v) is 3.26. The number of guanidine groups is 1. The molecule has 3 rings (SSSR count). The van der Waals surface area contributed by atoms with Gasteiger partial charge in [0.15, 0.2) is 5.96 Å². The molecule has 148 valence electrons. The SMILES string of the molecule is CN=C(NCCc1ccc(F)cc1)NC1CCc2cn(C(C)C)nc2C1.I. The van der Waals surface area contributed by atoms with Gasteiger partial charge in [-0.2, -0.15) is 5.10 Å². The highest BCUT2D eigenvalue weighted by Gasteiger charge is 2.22. The summed E-state index contributed by atoms with van der Waals surface area (Å²) in [6, 6.07) is 7.38. The molecule has 0 aliphatic heterocycles. The first-order chi connectivity index (χ1) is 12.5. The maximum absolute atomic E-state index is 13.0. The average molecular weight is 485 g/mol. The van der Waals surface area contributed by atoms with Crippen LogP contribution in [-0.2, 0) is 19.3 Å². The third-order valence-corrected chi connectivity index (χ3v) is 4.81. The first kappa shape index (κ1) is 21.7. The summed E-state index contributed by atoms with van der Waals surface area (Å²) in [7, 11) is 1.79.